The lowest BCUT2D eigenvalue weighted by Gasteiger charge is -2.23. The lowest BCUT2D eigenvalue weighted by molar-refractivity contribution is -0.144. The second-order valence-electron chi connectivity index (χ2n) is 6.66. The van der Waals surface area contributed by atoms with Crippen molar-refractivity contribution in [1.29, 1.82) is 0 Å². The van der Waals surface area contributed by atoms with E-state index in [1.165, 1.54) is 7.11 Å². The summed E-state index contributed by atoms with van der Waals surface area (Å²) in [5.41, 5.74) is -0.399. The average molecular weight is 309 g/mol. The lowest BCUT2D eigenvalue weighted by atomic mass is 9.98. The van der Waals surface area contributed by atoms with Gasteiger partial charge in [-0.3, -0.25) is 0 Å². The van der Waals surface area contributed by atoms with Crippen molar-refractivity contribution in [3.05, 3.63) is 12.7 Å². The first-order chi connectivity index (χ1) is 10.5. The molecular weight excluding hydrogens is 282 g/mol. The summed E-state index contributed by atoms with van der Waals surface area (Å²) in [6, 6.07) is -0.589. The quantitative estimate of drug-likeness (QED) is 0.579. The minimum atomic E-state index is -0.589. The van der Waals surface area contributed by atoms with Crippen LogP contribution in [0.2, 0.25) is 0 Å². The Kier molecular flexibility index (Phi) is 5.48. The molecule has 2 rings (SSSR count). The normalized spacial score (nSPS) is 28.7. The molecule has 0 aromatic carbocycles. The number of methoxy groups -OCH3 is 1. The summed E-state index contributed by atoms with van der Waals surface area (Å²) < 4.78 is 10.4. The van der Waals surface area contributed by atoms with Gasteiger partial charge in [0.1, 0.15) is 11.6 Å². The molecule has 0 saturated heterocycles. The van der Waals surface area contributed by atoms with Gasteiger partial charge in [-0.15, -0.1) is 6.58 Å². The maximum Gasteiger partial charge on any atom is 0.408 e. The molecule has 0 unspecified atom stereocenters. The van der Waals surface area contributed by atoms with Crippen LogP contribution in [0.3, 0.4) is 0 Å². The first-order valence-corrected chi connectivity index (χ1v) is 8.18. The Balaban J connectivity index is 1.86. The van der Waals surface area contributed by atoms with Crippen molar-refractivity contribution in [3.8, 4) is 0 Å². The van der Waals surface area contributed by atoms with Crippen molar-refractivity contribution in [2.75, 3.05) is 7.11 Å². The Morgan fingerprint density at radius 2 is 2.09 bits per heavy atom. The molecule has 124 valence electrons. The molecule has 22 heavy (non-hydrogen) atoms. The number of carbonyl (C=O) groups is 2. The van der Waals surface area contributed by atoms with Gasteiger partial charge in [0.25, 0.3) is 0 Å². The molecule has 1 N–H and O–H groups in total. The highest BCUT2D eigenvalue weighted by Crippen LogP contribution is 2.49. The lowest BCUT2D eigenvalue weighted by Crippen LogP contribution is -2.47. The molecule has 0 aromatic rings. The molecule has 0 aromatic heterocycles. The summed E-state index contributed by atoms with van der Waals surface area (Å²) in [5, 5.41) is 2.73. The van der Waals surface area contributed by atoms with Gasteiger partial charge < -0.3 is 14.8 Å². The number of hydrogen-bond acceptors (Lipinski definition) is 4. The van der Waals surface area contributed by atoms with E-state index in [-0.39, 0.29) is 11.9 Å². The fourth-order valence-corrected chi connectivity index (χ4v) is 3.44. The number of alkyl carbamates (subject to hydrolysis) is 1. The monoisotopic (exact) mass is 309 g/mol. The van der Waals surface area contributed by atoms with Crippen LogP contribution >= 0.6 is 0 Å². The summed E-state index contributed by atoms with van der Waals surface area (Å²) in [4.78, 5) is 24.1. The number of hydrogen-bond donors (Lipinski definition) is 1. The van der Waals surface area contributed by atoms with Gasteiger partial charge in [0.2, 0.25) is 0 Å². The second-order valence-corrected chi connectivity index (χ2v) is 6.66. The molecule has 0 radical (unpaired) electrons. The van der Waals surface area contributed by atoms with Crippen molar-refractivity contribution in [2.45, 2.75) is 63.5 Å². The Morgan fingerprint density at radius 1 is 1.41 bits per heavy atom. The van der Waals surface area contributed by atoms with Gasteiger partial charge in [-0.2, -0.15) is 0 Å². The maximum atomic E-state index is 12.1. The fraction of sp³-hybridized carbons (Fsp3) is 0.765. The molecule has 1 amide bonds. The fourth-order valence-electron chi connectivity index (χ4n) is 3.44. The molecule has 0 bridgehead atoms. The van der Waals surface area contributed by atoms with Gasteiger partial charge in [-0.1, -0.05) is 18.9 Å². The summed E-state index contributed by atoms with van der Waals surface area (Å²) >= 11 is 0. The Hall–Kier alpha value is -1.52. The first kappa shape index (κ1) is 16.8. The van der Waals surface area contributed by atoms with Crippen LogP contribution in [0.4, 0.5) is 4.79 Å². The van der Waals surface area contributed by atoms with E-state index in [0.717, 1.165) is 44.9 Å². The minimum Gasteiger partial charge on any atom is -0.467 e. The van der Waals surface area contributed by atoms with E-state index >= 15 is 0 Å². The summed E-state index contributed by atoms with van der Waals surface area (Å²) in [7, 11) is 1.35. The molecule has 2 saturated carbocycles. The highest BCUT2D eigenvalue weighted by atomic mass is 16.6. The van der Waals surface area contributed by atoms with Gasteiger partial charge in [-0.05, 0) is 44.9 Å². The molecule has 5 nitrogen and oxygen atoms in total. The van der Waals surface area contributed by atoms with Crippen LogP contribution in [-0.4, -0.2) is 30.8 Å². The topological polar surface area (TPSA) is 64.6 Å². The standard InChI is InChI=1S/C17H27NO4/c1-4-5-10-13-11-17(13,2)22-16(20)18-14(15(19)21-3)12-8-6-7-9-12/h4,12-14H,1,5-11H2,2-3H3,(H,18,20)/t13-,14+,17-/m1/s1. The number of allylic oxidation sites excluding steroid dienone is 1. The number of rotatable bonds is 7. The zero-order chi connectivity index (χ0) is 16.2. The van der Waals surface area contributed by atoms with Crippen LogP contribution in [0.15, 0.2) is 12.7 Å². The molecule has 0 heterocycles. The molecule has 2 aliphatic carbocycles. The number of amides is 1. The molecule has 0 aliphatic heterocycles. The van der Waals surface area contributed by atoms with Crippen LogP contribution < -0.4 is 5.32 Å². The van der Waals surface area contributed by atoms with E-state index < -0.39 is 17.7 Å². The molecule has 5 heteroatoms. The number of esters is 1. The highest BCUT2D eigenvalue weighted by Gasteiger charge is 2.53. The smallest absolute Gasteiger partial charge is 0.408 e. The molecule has 0 spiro atoms. The van der Waals surface area contributed by atoms with E-state index in [2.05, 4.69) is 11.9 Å². The van der Waals surface area contributed by atoms with Gasteiger partial charge in [0.15, 0.2) is 0 Å². The summed E-state index contributed by atoms with van der Waals surface area (Å²) in [6.45, 7) is 5.66. The van der Waals surface area contributed by atoms with Crippen molar-refractivity contribution in [2.24, 2.45) is 11.8 Å². The van der Waals surface area contributed by atoms with E-state index in [1.54, 1.807) is 0 Å². The molecule has 3 atom stereocenters. The molecule has 2 fully saturated rings. The average Bonchev–Trinajstić information content (AvgIpc) is 2.92. The predicted molar refractivity (Wildman–Crippen MR) is 83.3 cm³/mol. The van der Waals surface area contributed by atoms with E-state index in [9.17, 15) is 9.59 Å². The third kappa shape index (κ3) is 4.02. The molecule has 2 aliphatic rings. The third-order valence-corrected chi connectivity index (χ3v) is 5.00. The first-order valence-electron chi connectivity index (χ1n) is 8.18. The third-order valence-electron chi connectivity index (χ3n) is 5.00. The maximum absolute atomic E-state index is 12.1. The van der Waals surface area contributed by atoms with E-state index in [1.807, 2.05) is 13.0 Å². The number of nitrogens with one attached hydrogen (secondary N) is 1. The highest BCUT2D eigenvalue weighted by molar-refractivity contribution is 5.81. The zero-order valence-corrected chi connectivity index (χ0v) is 13.6. The number of ether oxygens (including phenoxy) is 2. The Bertz CT molecular complexity index is 430. The van der Waals surface area contributed by atoms with Gasteiger partial charge in [0.05, 0.1) is 7.11 Å². The van der Waals surface area contributed by atoms with Gasteiger partial charge in [0, 0.05) is 5.92 Å². The van der Waals surface area contributed by atoms with Crippen molar-refractivity contribution in [3.63, 3.8) is 0 Å². The SMILES string of the molecule is C=CCC[C@@H]1C[C@@]1(C)OC(=O)N[C@H](C(=O)OC)C1CCCC1. The van der Waals surface area contributed by atoms with Crippen LogP contribution in [0.25, 0.3) is 0 Å². The second kappa shape index (κ2) is 7.16. The van der Waals surface area contributed by atoms with Crippen molar-refractivity contribution in [1.82, 2.24) is 5.32 Å². The molecular formula is C17H27NO4. The van der Waals surface area contributed by atoms with Crippen LogP contribution in [0.1, 0.15) is 51.9 Å². The van der Waals surface area contributed by atoms with Crippen molar-refractivity contribution >= 4 is 12.1 Å². The summed E-state index contributed by atoms with van der Waals surface area (Å²) in [6.07, 6.45) is 8.23. The Labute approximate surface area is 132 Å². The van der Waals surface area contributed by atoms with Crippen LogP contribution in [-0.2, 0) is 14.3 Å². The van der Waals surface area contributed by atoms with Crippen LogP contribution in [0.5, 0.6) is 0 Å². The van der Waals surface area contributed by atoms with E-state index in [0.29, 0.717) is 5.92 Å². The predicted octanol–water partition coefficient (Wildman–Crippen LogP) is 3.19. The minimum absolute atomic E-state index is 0.156. The van der Waals surface area contributed by atoms with Crippen molar-refractivity contribution < 1.29 is 19.1 Å². The van der Waals surface area contributed by atoms with E-state index in [4.69, 9.17) is 9.47 Å². The van der Waals surface area contributed by atoms with Gasteiger partial charge in [-0.25, -0.2) is 9.59 Å². The Morgan fingerprint density at radius 3 is 2.68 bits per heavy atom. The number of carbonyl (C=O) groups excluding carboxylic acids is 2. The van der Waals surface area contributed by atoms with Crippen LogP contribution in [0, 0.1) is 11.8 Å². The largest absolute Gasteiger partial charge is 0.467 e. The zero-order valence-electron chi connectivity index (χ0n) is 13.6. The van der Waals surface area contributed by atoms with Gasteiger partial charge >= 0.3 is 12.1 Å². The summed E-state index contributed by atoms with van der Waals surface area (Å²) in [5.74, 6) is 0.163.